The van der Waals surface area contributed by atoms with Gasteiger partial charge in [-0.2, -0.15) is 11.8 Å². The minimum atomic E-state index is 1.05. The second-order valence-corrected chi connectivity index (χ2v) is 4.93. The number of nitrogens with zero attached hydrogens (tertiary/aromatic N) is 2. The first-order valence-electron chi connectivity index (χ1n) is 5.19. The highest BCUT2D eigenvalue weighted by atomic mass is 32.2. The van der Waals surface area contributed by atoms with Crippen LogP contribution in [-0.2, 0) is 0 Å². The minimum Gasteiger partial charge on any atom is -0.370 e. The molecule has 15 heavy (non-hydrogen) atoms. The van der Waals surface area contributed by atoms with Gasteiger partial charge in [0.25, 0.3) is 0 Å². The molecule has 0 aliphatic carbocycles. The molecule has 1 aromatic heterocycles. The maximum absolute atomic E-state index is 4.23. The zero-order valence-electron chi connectivity index (χ0n) is 8.44. The van der Waals surface area contributed by atoms with Gasteiger partial charge in [-0.25, -0.2) is 4.98 Å². The zero-order valence-corrected chi connectivity index (χ0v) is 9.26. The molecule has 2 heterocycles. The largest absolute Gasteiger partial charge is 0.370 e. The Labute approximate surface area is 92.9 Å². The summed E-state index contributed by atoms with van der Waals surface area (Å²) in [4.78, 5) is 9.82. The number of H-pyrrole nitrogens is 1. The molecule has 1 aromatic carbocycles. The first kappa shape index (κ1) is 9.09. The SMILES string of the molecule is c1nc2ccc(N3CCSCC3)cc2[nH]1. The molecule has 1 saturated heterocycles. The maximum Gasteiger partial charge on any atom is 0.0931 e. The van der Waals surface area contributed by atoms with Crippen molar-refractivity contribution in [2.45, 2.75) is 0 Å². The van der Waals surface area contributed by atoms with E-state index in [9.17, 15) is 0 Å². The molecule has 1 aliphatic heterocycles. The number of fused-ring (bicyclic) bond motifs is 1. The van der Waals surface area contributed by atoms with E-state index >= 15 is 0 Å². The number of hydrogen-bond acceptors (Lipinski definition) is 3. The molecule has 3 rings (SSSR count). The first-order chi connectivity index (χ1) is 7.43. The van der Waals surface area contributed by atoms with Gasteiger partial charge in [-0.3, -0.25) is 0 Å². The third-order valence-corrected chi connectivity index (χ3v) is 3.72. The lowest BCUT2D eigenvalue weighted by molar-refractivity contribution is 0.859. The molecule has 3 nitrogen and oxygen atoms in total. The highest BCUT2D eigenvalue weighted by Gasteiger charge is 2.11. The molecule has 0 saturated carbocycles. The lowest BCUT2D eigenvalue weighted by Gasteiger charge is -2.28. The summed E-state index contributed by atoms with van der Waals surface area (Å²) in [6, 6.07) is 6.44. The summed E-state index contributed by atoms with van der Waals surface area (Å²) in [5.74, 6) is 2.47. The summed E-state index contributed by atoms with van der Waals surface area (Å²) in [6.45, 7) is 2.31. The minimum absolute atomic E-state index is 1.05. The number of anilines is 1. The Morgan fingerprint density at radius 3 is 3.00 bits per heavy atom. The van der Waals surface area contributed by atoms with Gasteiger partial charge in [0, 0.05) is 30.3 Å². The summed E-state index contributed by atoms with van der Waals surface area (Å²) in [5, 5.41) is 0. The van der Waals surface area contributed by atoms with Gasteiger partial charge in [-0.15, -0.1) is 0 Å². The topological polar surface area (TPSA) is 31.9 Å². The number of hydrogen-bond donors (Lipinski definition) is 1. The standard InChI is InChI=1S/C11H13N3S/c1-2-10-11(13-8-12-10)7-9(1)14-3-5-15-6-4-14/h1-2,7-8H,3-6H2,(H,12,13). The molecule has 0 unspecified atom stereocenters. The summed E-state index contributed by atoms with van der Waals surface area (Å²) >= 11 is 2.04. The number of aromatic amines is 1. The predicted molar refractivity (Wildman–Crippen MR) is 65.6 cm³/mol. The van der Waals surface area contributed by atoms with Crippen molar-refractivity contribution in [2.75, 3.05) is 29.5 Å². The Kier molecular flexibility index (Phi) is 2.29. The van der Waals surface area contributed by atoms with Crippen LogP contribution in [0, 0.1) is 0 Å². The molecule has 1 N–H and O–H groups in total. The van der Waals surface area contributed by atoms with Crippen LogP contribution in [0.1, 0.15) is 0 Å². The van der Waals surface area contributed by atoms with Crippen LogP contribution in [0.25, 0.3) is 11.0 Å². The van der Waals surface area contributed by atoms with Crippen LogP contribution in [0.15, 0.2) is 24.5 Å². The predicted octanol–water partition coefficient (Wildman–Crippen LogP) is 2.12. The highest BCUT2D eigenvalue weighted by molar-refractivity contribution is 7.99. The van der Waals surface area contributed by atoms with Crippen molar-refractivity contribution in [2.24, 2.45) is 0 Å². The summed E-state index contributed by atoms with van der Waals surface area (Å²) in [5.41, 5.74) is 3.49. The van der Waals surface area contributed by atoms with Crippen LogP contribution >= 0.6 is 11.8 Å². The van der Waals surface area contributed by atoms with Crippen LogP contribution in [0.5, 0.6) is 0 Å². The third-order valence-electron chi connectivity index (χ3n) is 2.78. The van der Waals surface area contributed by atoms with E-state index < -0.39 is 0 Å². The fourth-order valence-corrected chi connectivity index (χ4v) is 2.84. The quantitative estimate of drug-likeness (QED) is 0.797. The number of rotatable bonds is 1. The fourth-order valence-electron chi connectivity index (χ4n) is 1.94. The van der Waals surface area contributed by atoms with Crippen molar-refractivity contribution in [1.29, 1.82) is 0 Å². The average molecular weight is 219 g/mol. The fraction of sp³-hybridized carbons (Fsp3) is 0.364. The Balaban J connectivity index is 1.95. The van der Waals surface area contributed by atoms with Crippen LogP contribution in [-0.4, -0.2) is 34.6 Å². The number of thioether (sulfide) groups is 1. The van der Waals surface area contributed by atoms with E-state index in [1.807, 2.05) is 11.8 Å². The van der Waals surface area contributed by atoms with E-state index in [-0.39, 0.29) is 0 Å². The molecule has 1 aliphatic rings. The van der Waals surface area contributed by atoms with E-state index in [4.69, 9.17) is 0 Å². The van der Waals surface area contributed by atoms with Crippen LogP contribution in [0.2, 0.25) is 0 Å². The van der Waals surface area contributed by atoms with Gasteiger partial charge in [0.1, 0.15) is 0 Å². The van der Waals surface area contributed by atoms with Crippen molar-refractivity contribution >= 4 is 28.5 Å². The summed E-state index contributed by atoms with van der Waals surface area (Å²) in [7, 11) is 0. The van der Waals surface area contributed by atoms with E-state index in [2.05, 4.69) is 33.1 Å². The summed E-state index contributed by atoms with van der Waals surface area (Å²) < 4.78 is 0. The monoisotopic (exact) mass is 219 g/mol. The highest BCUT2D eigenvalue weighted by Crippen LogP contribution is 2.22. The molecule has 0 atom stereocenters. The normalized spacial score (nSPS) is 17.2. The number of imidazole rings is 1. The Bertz CT molecular complexity index is 460. The summed E-state index contributed by atoms with van der Waals surface area (Å²) in [6.07, 6.45) is 1.75. The van der Waals surface area contributed by atoms with Gasteiger partial charge < -0.3 is 9.88 Å². The zero-order chi connectivity index (χ0) is 10.1. The Hall–Kier alpha value is -1.16. The van der Waals surface area contributed by atoms with Gasteiger partial charge in [0.05, 0.1) is 17.4 Å². The molecule has 0 spiro atoms. The van der Waals surface area contributed by atoms with Crippen molar-refractivity contribution in [3.8, 4) is 0 Å². The lowest BCUT2D eigenvalue weighted by atomic mass is 10.2. The van der Waals surface area contributed by atoms with Gasteiger partial charge >= 0.3 is 0 Å². The first-order valence-corrected chi connectivity index (χ1v) is 6.35. The van der Waals surface area contributed by atoms with E-state index in [0.717, 1.165) is 24.1 Å². The Morgan fingerprint density at radius 1 is 1.27 bits per heavy atom. The molecular weight excluding hydrogens is 206 g/mol. The molecule has 0 amide bonds. The molecule has 0 bridgehead atoms. The maximum atomic E-state index is 4.23. The third kappa shape index (κ3) is 1.69. The van der Waals surface area contributed by atoms with Crippen molar-refractivity contribution in [3.63, 3.8) is 0 Å². The molecule has 2 aromatic rings. The van der Waals surface area contributed by atoms with Gasteiger partial charge in [0.2, 0.25) is 0 Å². The van der Waals surface area contributed by atoms with Gasteiger partial charge in [-0.1, -0.05) is 0 Å². The molecule has 4 heteroatoms. The van der Waals surface area contributed by atoms with Crippen molar-refractivity contribution in [1.82, 2.24) is 9.97 Å². The van der Waals surface area contributed by atoms with Crippen LogP contribution in [0.4, 0.5) is 5.69 Å². The number of aromatic nitrogens is 2. The van der Waals surface area contributed by atoms with Crippen molar-refractivity contribution in [3.05, 3.63) is 24.5 Å². The average Bonchev–Trinajstić information content (AvgIpc) is 2.77. The second-order valence-electron chi connectivity index (χ2n) is 3.70. The van der Waals surface area contributed by atoms with E-state index in [0.29, 0.717) is 0 Å². The van der Waals surface area contributed by atoms with Crippen LogP contribution in [0.3, 0.4) is 0 Å². The van der Waals surface area contributed by atoms with Crippen LogP contribution < -0.4 is 4.90 Å². The smallest absolute Gasteiger partial charge is 0.0931 e. The Morgan fingerprint density at radius 2 is 2.13 bits per heavy atom. The van der Waals surface area contributed by atoms with Gasteiger partial charge in [0.15, 0.2) is 0 Å². The van der Waals surface area contributed by atoms with Gasteiger partial charge in [-0.05, 0) is 18.2 Å². The van der Waals surface area contributed by atoms with Crippen molar-refractivity contribution < 1.29 is 0 Å². The van der Waals surface area contributed by atoms with E-state index in [1.54, 1.807) is 6.33 Å². The number of nitrogens with one attached hydrogen (secondary N) is 1. The van der Waals surface area contributed by atoms with E-state index in [1.165, 1.54) is 17.2 Å². The number of benzene rings is 1. The second kappa shape index (κ2) is 3.77. The molecule has 1 fully saturated rings. The molecule has 0 radical (unpaired) electrons. The lowest BCUT2D eigenvalue weighted by Crippen LogP contribution is -2.32. The molecule has 78 valence electrons. The molecular formula is C11H13N3S.